The fourth-order valence-corrected chi connectivity index (χ4v) is 2.27. The van der Waals surface area contributed by atoms with Crippen LogP contribution in [0.3, 0.4) is 0 Å². The zero-order valence-corrected chi connectivity index (χ0v) is 12.2. The number of esters is 1. The fraction of sp³-hybridized carbons (Fsp3) is 0.438. The summed E-state index contributed by atoms with van der Waals surface area (Å²) in [6.07, 6.45) is 2.65. The van der Waals surface area contributed by atoms with Gasteiger partial charge in [0, 0.05) is 17.5 Å². The smallest absolute Gasteiger partial charge is 0.323 e. The van der Waals surface area contributed by atoms with E-state index in [1.54, 1.807) is 6.26 Å². The number of ether oxygens (including phenoxy) is 1. The van der Waals surface area contributed by atoms with Gasteiger partial charge in [0.2, 0.25) is 0 Å². The van der Waals surface area contributed by atoms with Crippen LogP contribution >= 0.6 is 0 Å². The van der Waals surface area contributed by atoms with Gasteiger partial charge in [0.25, 0.3) is 0 Å². The van der Waals surface area contributed by atoms with E-state index < -0.39 is 0 Å². The van der Waals surface area contributed by atoms with Crippen LogP contribution in [0.25, 0.3) is 11.0 Å². The molecule has 2 aromatic rings. The molecule has 4 heteroatoms. The number of methoxy groups -OCH3 is 1. The average Bonchev–Trinajstić information content (AvgIpc) is 2.90. The summed E-state index contributed by atoms with van der Waals surface area (Å²) in [5.74, 6) is 0.00719. The molecule has 0 spiro atoms. The molecule has 0 fully saturated rings. The monoisotopic (exact) mass is 275 g/mol. The minimum Gasteiger partial charge on any atom is -0.468 e. The lowest BCUT2D eigenvalue weighted by Gasteiger charge is -2.21. The molecule has 20 heavy (non-hydrogen) atoms. The summed E-state index contributed by atoms with van der Waals surface area (Å²) < 4.78 is 10.4. The van der Waals surface area contributed by atoms with Crippen molar-refractivity contribution < 1.29 is 13.9 Å². The van der Waals surface area contributed by atoms with Crippen LogP contribution in [0.4, 0.5) is 0 Å². The van der Waals surface area contributed by atoms with E-state index in [4.69, 9.17) is 9.15 Å². The van der Waals surface area contributed by atoms with Crippen molar-refractivity contribution in [2.45, 2.75) is 32.9 Å². The molecule has 1 aromatic heterocycles. The summed E-state index contributed by atoms with van der Waals surface area (Å²) in [6.45, 7) is 4.69. The number of rotatable bonds is 6. The molecule has 1 heterocycles. The molecule has 2 rings (SSSR count). The molecule has 108 valence electrons. The van der Waals surface area contributed by atoms with Gasteiger partial charge in [-0.1, -0.05) is 38.5 Å². The molecule has 0 saturated heterocycles. The van der Waals surface area contributed by atoms with E-state index in [9.17, 15) is 4.79 Å². The lowest BCUT2D eigenvalue weighted by molar-refractivity contribution is -0.144. The summed E-state index contributed by atoms with van der Waals surface area (Å²) in [6, 6.07) is 7.59. The molecule has 2 unspecified atom stereocenters. The molecule has 0 aliphatic heterocycles. The average molecular weight is 275 g/mol. The van der Waals surface area contributed by atoms with Gasteiger partial charge in [-0.25, -0.2) is 0 Å². The number of carbonyl (C=O) groups excluding carboxylic acids is 1. The van der Waals surface area contributed by atoms with Gasteiger partial charge in [-0.15, -0.1) is 0 Å². The summed E-state index contributed by atoms with van der Waals surface area (Å²) in [5, 5.41) is 4.36. The Morgan fingerprint density at radius 1 is 1.40 bits per heavy atom. The molecule has 0 bridgehead atoms. The SMILES string of the molecule is CCC(C)C(NCc1coc2ccccc12)C(=O)OC. The van der Waals surface area contributed by atoms with Crippen LogP contribution in [0.2, 0.25) is 0 Å². The predicted molar refractivity (Wildman–Crippen MR) is 78.3 cm³/mol. The number of fused-ring (bicyclic) bond motifs is 1. The topological polar surface area (TPSA) is 51.5 Å². The Kier molecular flexibility index (Phi) is 4.79. The van der Waals surface area contributed by atoms with Crippen molar-refractivity contribution in [2.24, 2.45) is 5.92 Å². The van der Waals surface area contributed by atoms with E-state index in [1.165, 1.54) is 7.11 Å². The molecule has 0 aliphatic rings. The Hall–Kier alpha value is -1.81. The first-order chi connectivity index (χ1) is 9.67. The Balaban J connectivity index is 2.11. The van der Waals surface area contributed by atoms with E-state index in [0.29, 0.717) is 6.54 Å². The van der Waals surface area contributed by atoms with Crippen LogP contribution in [0, 0.1) is 5.92 Å². The van der Waals surface area contributed by atoms with Crippen molar-refractivity contribution in [3.05, 3.63) is 36.1 Å². The van der Waals surface area contributed by atoms with Crippen molar-refractivity contribution in [2.75, 3.05) is 7.11 Å². The van der Waals surface area contributed by atoms with E-state index >= 15 is 0 Å². The molecular formula is C16H21NO3. The second-order valence-corrected chi connectivity index (χ2v) is 5.02. The zero-order valence-electron chi connectivity index (χ0n) is 12.2. The first kappa shape index (κ1) is 14.6. The predicted octanol–water partition coefficient (Wildman–Crippen LogP) is 3.11. The lowest BCUT2D eigenvalue weighted by atomic mass is 9.99. The van der Waals surface area contributed by atoms with Gasteiger partial charge in [0.15, 0.2) is 0 Å². The highest BCUT2D eigenvalue weighted by Gasteiger charge is 2.24. The maximum Gasteiger partial charge on any atom is 0.323 e. The second-order valence-electron chi connectivity index (χ2n) is 5.02. The van der Waals surface area contributed by atoms with Crippen molar-refractivity contribution in [1.29, 1.82) is 0 Å². The maximum absolute atomic E-state index is 11.8. The van der Waals surface area contributed by atoms with E-state index in [0.717, 1.165) is 23.0 Å². The van der Waals surface area contributed by atoms with Crippen molar-refractivity contribution in [1.82, 2.24) is 5.32 Å². The first-order valence-electron chi connectivity index (χ1n) is 6.93. The highest BCUT2D eigenvalue weighted by atomic mass is 16.5. The van der Waals surface area contributed by atoms with Crippen LogP contribution < -0.4 is 5.32 Å². The standard InChI is InChI=1S/C16H21NO3/c1-4-11(2)15(16(18)19-3)17-9-12-10-20-14-8-6-5-7-13(12)14/h5-8,10-11,15,17H,4,9H2,1-3H3. The second kappa shape index (κ2) is 6.57. The third-order valence-electron chi connectivity index (χ3n) is 3.74. The van der Waals surface area contributed by atoms with Gasteiger partial charge in [0.1, 0.15) is 11.6 Å². The third kappa shape index (κ3) is 3.02. The molecule has 4 nitrogen and oxygen atoms in total. The lowest BCUT2D eigenvalue weighted by Crippen LogP contribution is -2.42. The quantitative estimate of drug-likeness (QED) is 0.823. The number of hydrogen-bond acceptors (Lipinski definition) is 4. The minimum absolute atomic E-state index is 0.216. The molecule has 0 saturated carbocycles. The number of furan rings is 1. The first-order valence-corrected chi connectivity index (χ1v) is 6.93. The fourth-order valence-electron chi connectivity index (χ4n) is 2.27. The van der Waals surface area contributed by atoms with Crippen LogP contribution in [0.15, 0.2) is 34.9 Å². The Labute approximate surface area is 119 Å². The molecular weight excluding hydrogens is 254 g/mol. The van der Waals surface area contributed by atoms with Gasteiger partial charge in [0.05, 0.1) is 13.4 Å². The van der Waals surface area contributed by atoms with E-state index in [1.807, 2.05) is 31.2 Å². The van der Waals surface area contributed by atoms with Crippen LogP contribution in [-0.2, 0) is 16.1 Å². The highest BCUT2D eigenvalue weighted by molar-refractivity contribution is 5.81. The normalized spacial score (nSPS) is 14.2. The Morgan fingerprint density at radius 2 is 2.15 bits per heavy atom. The Bertz CT molecular complexity index is 576. The van der Waals surface area contributed by atoms with Crippen LogP contribution in [0.5, 0.6) is 0 Å². The summed E-state index contributed by atoms with van der Waals surface area (Å²) in [7, 11) is 1.42. The van der Waals surface area contributed by atoms with Gasteiger partial charge in [-0.05, 0) is 12.0 Å². The maximum atomic E-state index is 11.8. The molecule has 0 amide bonds. The van der Waals surface area contributed by atoms with Crippen molar-refractivity contribution in [3.63, 3.8) is 0 Å². The third-order valence-corrected chi connectivity index (χ3v) is 3.74. The minimum atomic E-state index is -0.293. The van der Waals surface area contributed by atoms with E-state index in [2.05, 4.69) is 12.2 Å². The number of hydrogen-bond donors (Lipinski definition) is 1. The van der Waals surface area contributed by atoms with E-state index in [-0.39, 0.29) is 17.9 Å². The number of nitrogens with one attached hydrogen (secondary N) is 1. The number of benzene rings is 1. The largest absolute Gasteiger partial charge is 0.468 e. The molecule has 1 N–H and O–H groups in total. The summed E-state index contributed by atoms with van der Waals surface area (Å²) >= 11 is 0. The van der Waals surface area contributed by atoms with Gasteiger partial charge < -0.3 is 9.15 Å². The summed E-state index contributed by atoms with van der Waals surface area (Å²) in [5.41, 5.74) is 1.92. The molecule has 1 aromatic carbocycles. The zero-order chi connectivity index (χ0) is 14.5. The van der Waals surface area contributed by atoms with Crippen LogP contribution in [-0.4, -0.2) is 19.1 Å². The summed E-state index contributed by atoms with van der Waals surface area (Å²) in [4.78, 5) is 11.8. The van der Waals surface area contributed by atoms with Gasteiger partial charge in [-0.3, -0.25) is 10.1 Å². The van der Waals surface area contributed by atoms with Gasteiger partial charge >= 0.3 is 5.97 Å². The molecule has 0 radical (unpaired) electrons. The van der Waals surface area contributed by atoms with Gasteiger partial charge in [-0.2, -0.15) is 0 Å². The van der Waals surface area contributed by atoms with Crippen molar-refractivity contribution >= 4 is 16.9 Å². The van der Waals surface area contributed by atoms with Crippen molar-refractivity contribution in [3.8, 4) is 0 Å². The number of carbonyl (C=O) groups is 1. The number of para-hydroxylation sites is 1. The Morgan fingerprint density at radius 3 is 2.85 bits per heavy atom. The highest BCUT2D eigenvalue weighted by Crippen LogP contribution is 2.21. The van der Waals surface area contributed by atoms with Crippen LogP contribution in [0.1, 0.15) is 25.8 Å². The molecule has 2 atom stereocenters. The molecule has 0 aliphatic carbocycles.